The normalized spacial score (nSPS) is 21.9. The minimum Gasteiger partial charge on any atom is -0.493 e. The summed E-state index contributed by atoms with van der Waals surface area (Å²) in [5.74, 6) is 0.00425. The fraction of sp³-hybridized carbons (Fsp3) is 0.467. The summed E-state index contributed by atoms with van der Waals surface area (Å²) < 4.78 is 14.1. The van der Waals surface area contributed by atoms with Crippen molar-refractivity contribution >= 4 is 35.0 Å². The van der Waals surface area contributed by atoms with Gasteiger partial charge >= 0.3 is 5.97 Å². The summed E-state index contributed by atoms with van der Waals surface area (Å²) in [5.41, 5.74) is -0.594. The van der Waals surface area contributed by atoms with Gasteiger partial charge < -0.3 is 14.2 Å². The maximum absolute atomic E-state index is 12.1. The molecule has 0 bridgehead atoms. The third-order valence-corrected chi connectivity index (χ3v) is 4.85. The van der Waals surface area contributed by atoms with E-state index < -0.39 is 15.7 Å². The van der Waals surface area contributed by atoms with Crippen LogP contribution in [0.25, 0.3) is 0 Å². The number of ether oxygens (including phenoxy) is 3. The molecule has 0 amide bonds. The molecule has 7 heteroatoms. The lowest BCUT2D eigenvalue weighted by Gasteiger charge is -2.12. The zero-order valence-electron chi connectivity index (χ0n) is 12.4. The van der Waals surface area contributed by atoms with Gasteiger partial charge in [0.1, 0.15) is 9.75 Å². The van der Waals surface area contributed by atoms with E-state index in [2.05, 4.69) is 0 Å². The van der Waals surface area contributed by atoms with Gasteiger partial charge in [0.05, 0.1) is 14.2 Å². The van der Waals surface area contributed by atoms with Gasteiger partial charge in [-0.2, -0.15) is 0 Å². The molecule has 1 aromatic carbocycles. The summed E-state index contributed by atoms with van der Waals surface area (Å²) in [4.78, 5) is 24.0. The van der Waals surface area contributed by atoms with E-state index in [0.29, 0.717) is 23.5 Å². The fourth-order valence-electron chi connectivity index (χ4n) is 2.00. The van der Waals surface area contributed by atoms with Crippen LogP contribution in [0.3, 0.4) is 0 Å². The Bertz CT molecular complexity index is 614. The summed E-state index contributed by atoms with van der Waals surface area (Å²) in [6.07, 6.45) is 0.312. The summed E-state index contributed by atoms with van der Waals surface area (Å²) in [7, 11) is 2.97. The lowest BCUT2D eigenvalue weighted by Crippen LogP contribution is -2.24. The van der Waals surface area contributed by atoms with E-state index in [1.54, 1.807) is 19.1 Å². The van der Waals surface area contributed by atoms with Crippen LogP contribution >= 0.6 is 23.2 Å². The Kier molecular flexibility index (Phi) is 4.59. The molecule has 0 radical (unpaired) electrons. The molecule has 1 aliphatic carbocycles. The number of alkyl halides is 2. The molecule has 0 aromatic heterocycles. The molecule has 1 unspecified atom stereocenters. The van der Waals surface area contributed by atoms with E-state index in [-0.39, 0.29) is 12.4 Å². The van der Waals surface area contributed by atoms with E-state index in [1.807, 2.05) is 0 Å². The Morgan fingerprint density at radius 1 is 1.18 bits per heavy atom. The van der Waals surface area contributed by atoms with E-state index >= 15 is 0 Å². The predicted molar refractivity (Wildman–Crippen MR) is 82.0 cm³/mol. The van der Waals surface area contributed by atoms with Crippen molar-refractivity contribution in [3.63, 3.8) is 0 Å². The van der Waals surface area contributed by atoms with Gasteiger partial charge in [-0.05, 0) is 25.1 Å². The third kappa shape index (κ3) is 3.01. The highest BCUT2D eigenvalue weighted by Crippen LogP contribution is 2.64. The number of benzene rings is 1. The first kappa shape index (κ1) is 16.9. The van der Waals surface area contributed by atoms with Crippen molar-refractivity contribution in [2.75, 3.05) is 20.8 Å². The van der Waals surface area contributed by atoms with Crippen LogP contribution in [0.2, 0.25) is 0 Å². The SMILES string of the molecule is COc1ccc(C(=O)COC(=O)C2(C)CC2(Cl)Cl)cc1OC. The highest BCUT2D eigenvalue weighted by atomic mass is 35.5. The van der Waals surface area contributed by atoms with Crippen molar-refractivity contribution in [2.45, 2.75) is 17.7 Å². The molecule has 2 rings (SSSR count). The molecule has 0 heterocycles. The van der Waals surface area contributed by atoms with Crippen LogP contribution in [0, 0.1) is 5.41 Å². The topological polar surface area (TPSA) is 61.8 Å². The van der Waals surface area contributed by atoms with Crippen LogP contribution in [0.15, 0.2) is 18.2 Å². The van der Waals surface area contributed by atoms with Crippen LogP contribution in [-0.4, -0.2) is 36.9 Å². The monoisotopic (exact) mass is 346 g/mol. The first-order valence-corrected chi connectivity index (χ1v) is 7.31. The van der Waals surface area contributed by atoms with Crippen LogP contribution < -0.4 is 9.47 Å². The molecule has 1 fully saturated rings. The van der Waals surface area contributed by atoms with Crippen molar-refractivity contribution in [3.8, 4) is 11.5 Å². The fourth-order valence-corrected chi connectivity index (χ4v) is 2.69. The summed E-state index contributed by atoms with van der Waals surface area (Å²) >= 11 is 11.8. The van der Waals surface area contributed by atoms with E-state index in [9.17, 15) is 9.59 Å². The highest BCUT2D eigenvalue weighted by Gasteiger charge is 2.69. The van der Waals surface area contributed by atoms with Gasteiger partial charge in [0.15, 0.2) is 23.9 Å². The van der Waals surface area contributed by atoms with E-state index in [0.717, 1.165) is 0 Å². The number of carbonyl (C=O) groups is 2. The molecular formula is C15H16Cl2O5. The van der Waals surface area contributed by atoms with Crippen molar-refractivity contribution in [2.24, 2.45) is 5.41 Å². The molecule has 1 saturated carbocycles. The average molecular weight is 347 g/mol. The van der Waals surface area contributed by atoms with Crippen LogP contribution in [0.5, 0.6) is 11.5 Å². The minimum absolute atomic E-state index is 0.312. The molecule has 1 aliphatic rings. The summed E-state index contributed by atoms with van der Waals surface area (Å²) in [5, 5.41) is 0. The van der Waals surface area contributed by atoms with Crippen molar-refractivity contribution < 1.29 is 23.8 Å². The highest BCUT2D eigenvalue weighted by molar-refractivity contribution is 6.53. The average Bonchev–Trinajstić information content (AvgIpc) is 3.03. The molecule has 120 valence electrons. The molecule has 1 aromatic rings. The quantitative estimate of drug-likeness (QED) is 0.450. The number of methoxy groups -OCH3 is 2. The Hall–Kier alpha value is -1.46. The first-order chi connectivity index (χ1) is 10.2. The number of ketones is 1. The molecule has 0 spiro atoms. The maximum atomic E-state index is 12.1. The second kappa shape index (κ2) is 5.97. The number of rotatable bonds is 6. The van der Waals surface area contributed by atoms with Gasteiger partial charge in [-0.1, -0.05) is 0 Å². The molecule has 1 atom stereocenters. The Morgan fingerprint density at radius 2 is 1.77 bits per heavy atom. The van der Waals surface area contributed by atoms with Gasteiger partial charge in [0, 0.05) is 12.0 Å². The lowest BCUT2D eigenvalue weighted by molar-refractivity contribution is -0.148. The second-order valence-corrected chi connectivity index (χ2v) is 6.77. The zero-order chi connectivity index (χ0) is 16.5. The molecule has 0 aliphatic heterocycles. The summed E-state index contributed by atoms with van der Waals surface area (Å²) in [6.45, 7) is 1.23. The number of esters is 1. The van der Waals surface area contributed by atoms with Crippen molar-refractivity contribution in [3.05, 3.63) is 23.8 Å². The van der Waals surface area contributed by atoms with E-state index in [1.165, 1.54) is 20.3 Å². The first-order valence-electron chi connectivity index (χ1n) is 6.55. The van der Waals surface area contributed by atoms with Crippen molar-refractivity contribution in [1.82, 2.24) is 0 Å². The molecule has 0 N–H and O–H groups in total. The third-order valence-electron chi connectivity index (χ3n) is 3.75. The second-order valence-electron chi connectivity index (χ2n) is 5.28. The largest absolute Gasteiger partial charge is 0.493 e. The summed E-state index contributed by atoms with van der Waals surface area (Å²) in [6, 6.07) is 4.71. The van der Waals surface area contributed by atoms with Gasteiger partial charge in [0.2, 0.25) is 0 Å². The molecule has 22 heavy (non-hydrogen) atoms. The van der Waals surface area contributed by atoms with Crippen LogP contribution in [0.1, 0.15) is 23.7 Å². The number of Topliss-reactive ketones (excluding diaryl/α,β-unsaturated/α-hetero) is 1. The van der Waals surface area contributed by atoms with Crippen LogP contribution in [0.4, 0.5) is 0 Å². The van der Waals surface area contributed by atoms with Gasteiger partial charge in [-0.3, -0.25) is 9.59 Å². The van der Waals surface area contributed by atoms with Crippen molar-refractivity contribution in [1.29, 1.82) is 0 Å². The number of carbonyl (C=O) groups excluding carboxylic acids is 2. The maximum Gasteiger partial charge on any atom is 0.315 e. The van der Waals surface area contributed by atoms with Gasteiger partial charge in [-0.25, -0.2) is 0 Å². The van der Waals surface area contributed by atoms with Crippen LogP contribution in [-0.2, 0) is 9.53 Å². The number of halogens is 2. The Balaban J connectivity index is 2.00. The smallest absolute Gasteiger partial charge is 0.315 e. The number of hydrogen-bond acceptors (Lipinski definition) is 5. The minimum atomic E-state index is -1.11. The lowest BCUT2D eigenvalue weighted by atomic mass is 10.1. The predicted octanol–water partition coefficient (Wildman–Crippen LogP) is 3.01. The Morgan fingerprint density at radius 3 is 2.27 bits per heavy atom. The standard InChI is InChI=1S/C15H16Cl2O5/c1-14(8-15(14,16)17)13(19)22-7-10(18)9-4-5-11(20-2)12(6-9)21-3/h4-6H,7-8H2,1-3H3. The number of hydrogen-bond donors (Lipinski definition) is 0. The molecular weight excluding hydrogens is 331 g/mol. The zero-order valence-corrected chi connectivity index (χ0v) is 14.0. The molecule has 0 saturated heterocycles. The molecule has 5 nitrogen and oxygen atoms in total. The van der Waals surface area contributed by atoms with E-state index in [4.69, 9.17) is 37.4 Å². The Labute approximate surface area is 138 Å². The van der Waals surface area contributed by atoms with Gasteiger partial charge in [-0.15, -0.1) is 23.2 Å². The van der Waals surface area contributed by atoms with Gasteiger partial charge in [0.25, 0.3) is 0 Å².